The molecule has 0 aliphatic carbocycles. The van der Waals surface area contributed by atoms with Crippen molar-refractivity contribution in [2.45, 2.75) is 33.7 Å². The fraction of sp³-hybridized carbons (Fsp3) is 0.250. The topological polar surface area (TPSA) is 65.6 Å². The van der Waals surface area contributed by atoms with Crippen LogP contribution in [0.2, 0.25) is 0 Å². The second-order valence-corrected chi connectivity index (χ2v) is 8.05. The van der Waals surface area contributed by atoms with Crippen molar-refractivity contribution in [3.63, 3.8) is 0 Å². The summed E-state index contributed by atoms with van der Waals surface area (Å²) < 4.78 is 3.72. The molecule has 0 aliphatic heterocycles. The lowest BCUT2D eigenvalue weighted by Gasteiger charge is -2.12. The summed E-state index contributed by atoms with van der Waals surface area (Å²) in [5, 5.41) is 0.529. The van der Waals surface area contributed by atoms with Crippen molar-refractivity contribution in [1.29, 1.82) is 0 Å². The third-order valence-electron chi connectivity index (χ3n) is 5.50. The number of aromatic nitrogens is 5. The molecule has 0 amide bonds. The van der Waals surface area contributed by atoms with E-state index in [0.29, 0.717) is 40.5 Å². The van der Waals surface area contributed by atoms with Crippen molar-refractivity contribution in [2.24, 2.45) is 5.92 Å². The monoisotopic (exact) mass is 397 g/mol. The summed E-state index contributed by atoms with van der Waals surface area (Å²) in [5.74, 6) is 1.21. The summed E-state index contributed by atoms with van der Waals surface area (Å²) in [4.78, 5) is 28.2. The predicted molar refractivity (Wildman–Crippen MR) is 120 cm³/mol. The van der Waals surface area contributed by atoms with Crippen molar-refractivity contribution >= 4 is 33.2 Å². The Morgan fingerprint density at radius 1 is 0.867 bits per heavy atom. The van der Waals surface area contributed by atoms with Gasteiger partial charge in [-0.25, -0.2) is 15.0 Å². The van der Waals surface area contributed by atoms with Gasteiger partial charge in [0.2, 0.25) is 0 Å². The molecule has 0 radical (unpaired) electrons. The number of aryl methyl sites for hydroxylation is 1. The van der Waals surface area contributed by atoms with Crippen LogP contribution in [0.3, 0.4) is 0 Å². The number of benzene rings is 2. The van der Waals surface area contributed by atoms with Gasteiger partial charge in [-0.15, -0.1) is 0 Å². The quantitative estimate of drug-likeness (QED) is 0.443. The molecule has 0 unspecified atom stereocenters. The van der Waals surface area contributed by atoms with Crippen LogP contribution in [-0.4, -0.2) is 24.1 Å². The zero-order chi connectivity index (χ0) is 20.8. The normalized spacial score (nSPS) is 11.9. The Morgan fingerprint density at radius 3 is 2.23 bits per heavy atom. The first-order valence-electron chi connectivity index (χ1n) is 10.3. The molecule has 5 aromatic rings. The molecule has 6 nitrogen and oxygen atoms in total. The summed E-state index contributed by atoms with van der Waals surface area (Å²) in [6.07, 6.45) is 0.917. The molecule has 150 valence electrons. The Balaban J connectivity index is 1.93. The van der Waals surface area contributed by atoms with Gasteiger partial charge in [-0.3, -0.25) is 13.9 Å². The molecular formula is C24H23N5O. The van der Waals surface area contributed by atoms with Gasteiger partial charge < -0.3 is 0 Å². The number of nitrogens with zero attached hydrogens (tertiary/aromatic N) is 5. The highest BCUT2D eigenvalue weighted by molar-refractivity contribution is 6.05. The molecule has 30 heavy (non-hydrogen) atoms. The van der Waals surface area contributed by atoms with Crippen LogP contribution in [0.5, 0.6) is 0 Å². The molecule has 6 heteroatoms. The van der Waals surface area contributed by atoms with Gasteiger partial charge in [0, 0.05) is 12.2 Å². The molecule has 0 spiro atoms. The molecule has 3 aromatic heterocycles. The molecular weight excluding hydrogens is 374 g/mol. The fourth-order valence-corrected chi connectivity index (χ4v) is 3.90. The Morgan fingerprint density at radius 2 is 1.53 bits per heavy atom. The molecule has 0 saturated heterocycles. The largest absolute Gasteiger partial charge is 0.296 e. The van der Waals surface area contributed by atoms with Crippen LogP contribution in [0, 0.1) is 12.8 Å². The number of hydrogen-bond acceptors (Lipinski definition) is 4. The fourth-order valence-electron chi connectivity index (χ4n) is 3.90. The summed E-state index contributed by atoms with van der Waals surface area (Å²) in [6.45, 7) is 6.85. The predicted octanol–water partition coefficient (Wildman–Crippen LogP) is 4.64. The lowest BCUT2D eigenvalue weighted by Crippen LogP contribution is -2.24. The molecule has 0 aliphatic rings. The highest BCUT2D eigenvalue weighted by atomic mass is 16.1. The zero-order valence-corrected chi connectivity index (χ0v) is 17.3. The van der Waals surface area contributed by atoms with Gasteiger partial charge in [0.25, 0.3) is 5.56 Å². The van der Waals surface area contributed by atoms with Crippen molar-refractivity contribution in [2.75, 3.05) is 0 Å². The average molecular weight is 397 g/mol. The number of para-hydroxylation sites is 3. The maximum Gasteiger partial charge on any atom is 0.265 e. The maximum absolute atomic E-state index is 13.6. The minimum absolute atomic E-state index is 0.0533. The molecule has 0 fully saturated rings. The van der Waals surface area contributed by atoms with E-state index in [2.05, 4.69) is 13.8 Å². The minimum Gasteiger partial charge on any atom is -0.296 e. The van der Waals surface area contributed by atoms with Crippen molar-refractivity contribution in [1.82, 2.24) is 24.1 Å². The Bertz CT molecular complexity index is 1450. The molecule has 3 heterocycles. The van der Waals surface area contributed by atoms with Crippen LogP contribution in [0.25, 0.3) is 38.9 Å². The standard InChI is InChI=1S/C24H23N5O/c1-15(2)13-14-28-16(3)25-22-20(24(28)30)21-23(29(22)17-9-5-4-6-10-17)27-19-12-8-7-11-18(19)26-21/h4-12,15H,13-14H2,1-3H3. The highest BCUT2D eigenvalue weighted by Gasteiger charge is 2.22. The number of hydrogen-bond donors (Lipinski definition) is 0. The van der Waals surface area contributed by atoms with E-state index in [0.717, 1.165) is 23.1 Å². The van der Waals surface area contributed by atoms with Gasteiger partial charge in [0.15, 0.2) is 11.3 Å². The van der Waals surface area contributed by atoms with Crippen LogP contribution in [0.15, 0.2) is 59.4 Å². The summed E-state index contributed by atoms with van der Waals surface area (Å²) in [7, 11) is 0. The van der Waals surface area contributed by atoms with Crippen LogP contribution in [-0.2, 0) is 6.54 Å². The lowest BCUT2D eigenvalue weighted by molar-refractivity contribution is 0.498. The van der Waals surface area contributed by atoms with Crippen LogP contribution in [0.1, 0.15) is 26.1 Å². The lowest BCUT2D eigenvalue weighted by atomic mass is 10.1. The molecule has 0 N–H and O–H groups in total. The van der Waals surface area contributed by atoms with Crippen molar-refractivity contribution in [3.8, 4) is 5.69 Å². The first kappa shape index (κ1) is 18.5. The van der Waals surface area contributed by atoms with Crippen LogP contribution < -0.4 is 5.56 Å². The molecule has 0 bridgehead atoms. The Hall–Kier alpha value is -3.54. The molecule has 0 atom stereocenters. The minimum atomic E-state index is -0.0533. The van der Waals surface area contributed by atoms with Crippen LogP contribution in [0.4, 0.5) is 0 Å². The first-order valence-corrected chi connectivity index (χ1v) is 10.3. The van der Waals surface area contributed by atoms with Crippen molar-refractivity contribution < 1.29 is 0 Å². The third kappa shape index (κ3) is 2.87. The van der Waals surface area contributed by atoms with E-state index in [4.69, 9.17) is 15.0 Å². The second-order valence-electron chi connectivity index (χ2n) is 8.05. The Labute approximate surface area is 173 Å². The maximum atomic E-state index is 13.6. The van der Waals surface area contributed by atoms with E-state index < -0.39 is 0 Å². The van der Waals surface area contributed by atoms with Gasteiger partial charge >= 0.3 is 0 Å². The third-order valence-corrected chi connectivity index (χ3v) is 5.50. The van der Waals surface area contributed by atoms with Gasteiger partial charge in [-0.2, -0.15) is 0 Å². The summed E-state index contributed by atoms with van der Waals surface area (Å²) in [5.41, 5.74) is 4.28. The van der Waals surface area contributed by atoms with Gasteiger partial charge in [-0.1, -0.05) is 44.2 Å². The molecule has 2 aromatic carbocycles. The molecule has 0 saturated carbocycles. The van der Waals surface area contributed by atoms with Gasteiger partial charge in [-0.05, 0) is 43.5 Å². The van der Waals surface area contributed by atoms with Crippen LogP contribution >= 0.6 is 0 Å². The van der Waals surface area contributed by atoms with Gasteiger partial charge in [0.1, 0.15) is 16.7 Å². The first-order chi connectivity index (χ1) is 14.5. The Kier molecular flexibility index (Phi) is 4.35. The highest BCUT2D eigenvalue weighted by Crippen LogP contribution is 2.28. The van der Waals surface area contributed by atoms with E-state index in [1.54, 1.807) is 4.57 Å². The average Bonchev–Trinajstić information content (AvgIpc) is 3.05. The number of fused-ring (bicyclic) bond motifs is 4. The van der Waals surface area contributed by atoms with E-state index in [9.17, 15) is 4.79 Å². The van der Waals surface area contributed by atoms with E-state index in [1.807, 2.05) is 66.1 Å². The van der Waals surface area contributed by atoms with E-state index >= 15 is 0 Å². The summed E-state index contributed by atoms with van der Waals surface area (Å²) >= 11 is 0. The summed E-state index contributed by atoms with van der Waals surface area (Å²) in [6, 6.07) is 17.6. The van der Waals surface area contributed by atoms with Crippen molar-refractivity contribution in [3.05, 3.63) is 70.8 Å². The van der Waals surface area contributed by atoms with Gasteiger partial charge in [0.05, 0.1) is 11.0 Å². The second kappa shape index (κ2) is 7.06. The van der Waals surface area contributed by atoms with E-state index in [-0.39, 0.29) is 5.56 Å². The van der Waals surface area contributed by atoms with E-state index in [1.165, 1.54) is 0 Å². The number of rotatable bonds is 4. The SMILES string of the molecule is Cc1nc2c(c(=O)n1CCC(C)C)c1nc3ccccc3nc1n2-c1ccccc1. The smallest absolute Gasteiger partial charge is 0.265 e. The zero-order valence-electron chi connectivity index (χ0n) is 17.3. The molecule has 5 rings (SSSR count).